The molecule has 1 fully saturated rings. The molecule has 1 aliphatic carbocycles. The fraction of sp³-hybridized carbons (Fsp3) is 0.143. The van der Waals surface area contributed by atoms with E-state index in [-0.39, 0.29) is 12.4 Å². The molecule has 3 N–H and O–H groups in total. The fourth-order valence-electron chi connectivity index (χ4n) is 4.45. The van der Waals surface area contributed by atoms with Gasteiger partial charge in [0.05, 0.1) is 10.9 Å². The van der Waals surface area contributed by atoms with Crippen LogP contribution in [0.15, 0.2) is 78.9 Å². The molecule has 1 aromatic heterocycles. The molecule has 0 aliphatic heterocycles. The van der Waals surface area contributed by atoms with Gasteiger partial charge in [0.15, 0.2) is 0 Å². The topological polar surface area (TPSA) is 71.8 Å². The van der Waals surface area contributed by atoms with E-state index in [9.17, 15) is 9.18 Å². The number of aromatic amines is 1. The summed E-state index contributed by atoms with van der Waals surface area (Å²) in [5.41, 5.74) is 12.3. The van der Waals surface area contributed by atoms with Gasteiger partial charge in [-0.05, 0) is 70.4 Å². The molecule has 1 saturated carbocycles. The predicted octanol–water partition coefficient (Wildman–Crippen LogP) is 6.38. The molecule has 5 rings (SSSR count). The molecule has 1 heterocycles. The average molecular weight is 474 g/mol. The highest BCUT2D eigenvalue weighted by atomic mass is 35.5. The summed E-state index contributed by atoms with van der Waals surface area (Å²) in [5, 5.41) is 6.96. The average Bonchev–Trinajstić information content (AvgIpc) is 3.17. The third-order valence-corrected chi connectivity index (χ3v) is 6.30. The summed E-state index contributed by atoms with van der Waals surface area (Å²) in [6, 6.07) is 24.2. The quantitative estimate of drug-likeness (QED) is 0.252. The highest BCUT2D eigenvalue weighted by Gasteiger charge is 2.27. The van der Waals surface area contributed by atoms with Gasteiger partial charge in [0, 0.05) is 6.08 Å². The van der Waals surface area contributed by atoms with Crippen molar-refractivity contribution in [3.63, 3.8) is 0 Å². The van der Waals surface area contributed by atoms with Crippen molar-refractivity contribution in [2.75, 3.05) is 0 Å². The van der Waals surface area contributed by atoms with Crippen molar-refractivity contribution in [1.29, 1.82) is 0 Å². The van der Waals surface area contributed by atoms with E-state index >= 15 is 0 Å². The first-order valence-electron chi connectivity index (χ1n) is 11.1. The lowest BCUT2D eigenvalue weighted by Crippen LogP contribution is -2.15. The molecular weight excluding hydrogens is 449 g/mol. The van der Waals surface area contributed by atoms with Gasteiger partial charge in [0.1, 0.15) is 0 Å². The number of carbonyl (C=O) groups excluding carboxylic acids is 1. The zero-order valence-electron chi connectivity index (χ0n) is 18.5. The summed E-state index contributed by atoms with van der Waals surface area (Å²) < 4.78 is 14.4. The van der Waals surface area contributed by atoms with Crippen molar-refractivity contribution in [3.05, 3.63) is 107 Å². The molecule has 0 unspecified atom stereocenters. The van der Waals surface area contributed by atoms with Crippen molar-refractivity contribution >= 4 is 46.4 Å². The van der Waals surface area contributed by atoms with E-state index in [0.29, 0.717) is 16.8 Å². The third-order valence-electron chi connectivity index (χ3n) is 6.30. The zero-order chi connectivity index (χ0) is 22.8. The summed E-state index contributed by atoms with van der Waals surface area (Å²) in [6.45, 7) is 0. The van der Waals surface area contributed by atoms with Crippen LogP contribution in [0.5, 0.6) is 0 Å². The van der Waals surface area contributed by atoms with Crippen LogP contribution in [0, 0.1) is 11.9 Å². The standard InChI is InChI=1S/C28H24FN3O.ClH/c29-28-23-17-22(14-15-24(23)31-32-28)27(21-12-9-18(10-13-21)11-16-25(30)33)26(20-7-4-8-20)19-5-2-1-3-6-19;/h1-3,5-6,9-17,20H,4,7-8H2,(H2,30,33)(H,31,32);1H/b16-11+,27-26-;. The number of primary amides is 1. The number of nitrogens with zero attached hydrogens (tertiary/aromatic N) is 1. The van der Waals surface area contributed by atoms with Crippen molar-refractivity contribution in [2.24, 2.45) is 11.7 Å². The predicted molar refractivity (Wildman–Crippen MR) is 138 cm³/mol. The Morgan fingerprint density at radius 3 is 2.32 bits per heavy atom. The normalized spacial score (nSPS) is 14.5. The van der Waals surface area contributed by atoms with Gasteiger partial charge in [-0.25, -0.2) is 0 Å². The molecule has 0 radical (unpaired) electrons. The maximum Gasteiger partial charge on any atom is 0.241 e. The third kappa shape index (κ3) is 4.66. The molecule has 3 aromatic carbocycles. The Hall–Kier alpha value is -3.70. The van der Waals surface area contributed by atoms with E-state index < -0.39 is 11.9 Å². The number of hydrogen-bond donors (Lipinski definition) is 2. The highest BCUT2D eigenvalue weighted by Crippen LogP contribution is 2.45. The fourth-order valence-corrected chi connectivity index (χ4v) is 4.45. The van der Waals surface area contributed by atoms with E-state index in [0.717, 1.165) is 35.1 Å². The van der Waals surface area contributed by atoms with Crippen LogP contribution < -0.4 is 5.73 Å². The van der Waals surface area contributed by atoms with Crippen molar-refractivity contribution in [1.82, 2.24) is 10.2 Å². The first kappa shape index (κ1) is 23.5. The van der Waals surface area contributed by atoms with Gasteiger partial charge >= 0.3 is 0 Å². The van der Waals surface area contributed by atoms with E-state index in [1.807, 2.05) is 48.5 Å². The van der Waals surface area contributed by atoms with Crippen LogP contribution >= 0.6 is 12.4 Å². The second-order valence-corrected chi connectivity index (χ2v) is 8.41. The first-order valence-corrected chi connectivity index (χ1v) is 11.1. The maximum absolute atomic E-state index is 14.4. The van der Waals surface area contributed by atoms with Crippen LogP contribution in [0.25, 0.3) is 28.1 Å². The molecule has 0 saturated heterocycles. The van der Waals surface area contributed by atoms with Crippen molar-refractivity contribution in [3.8, 4) is 0 Å². The van der Waals surface area contributed by atoms with Crippen molar-refractivity contribution < 1.29 is 9.18 Å². The molecule has 0 atom stereocenters. The second-order valence-electron chi connectivity index (χ2n) is 8.41. The van der Waals surface area contributed by atoms with E-state index in [1.165, 1.54) is 23.6 Å². The monoisotopic (exact) mass is 473 g/mol. The number of rotatable bonds is 6. The van der Waals surface area contributed by atoms with E-state index in [2.05, 4.69) is 34.5 Å². The van der Waals surface area contributed by atoms with Crippen molar-refractivity contribution in [2.45, 2.75) is 19.3 Å². The molecule has 34 heavy (non-hydrogen) atoms. The number of benzene rings is 3. The van der Waals surface area contributed by atoms with Crippen LogP contribution in [0.1, 0.15) is 41.5 Å². The molecule has 4 nitrogen and oxygen atoms in total. The summed E-state index contributed by atoms with van der Waals surface area (Å²) >= 11 is 0. The molecule has 4 aromatic rings. The Morgan fingerprint density at radius 2 is 1.68 bits per heavy atom. The number of fused-ring (bicyclic) bond motifs is 1. The second kappa shape index (κ2) is 10.1. The SMILES string of the molecule is Cl.NC(=O)/C=C/c1ccc(/C(=C(\c2ccccc2)C2CCC2)c2ccc3n[nH]c(F)c3c2)cc1. The number of allylic oxidation sites excluding steroid dienone is 1. The van der Waals surface area contributed by atoms with Gasteiger partial charge in [-0.3, -0.25) is 9.89 Å². The van der Waals surface area contributed by atoms with Crippen LogP contribution in [0.4, 0.5) is 4.39 Å². The molecule has 0 spiro atoms. The minimum atomic E-state index is -0.480. The van der Waals surface area contributed by atoms with E-state index in [1.54, 1.807) is 6.08 Å². The van der Waals surface area contributed by atoms with Gasteiger partial charge in [0.2, 0.25) is 11.9 Å². The Morgan fingerprint density at radius 1 is 0.971 bits per heavy atom. The molecule has 1 amide bonds. The highest BCUT2D eigenvalue weighted by molar-refractivity contribution is 6.01. The summed E-state index contributed by atoms with van der Waals surface area (Å²) in [7, 11) is 0. The van der Waals surface area contributed by atoms with Gasteiger partial charge in [-0.2, -0.15) is 9.49 Å². The Labute approximate surface area is 203 Å². The van der Waals surface area contributed by atoms with Gasteiger partial charge in [0.25, 0.3) is 0 Å². The lowest BCUT2D eigenvalue weighted by molar-refractivity contribution is -0.113. The number of nitrogens with two attached hydrogens (primary N) is 1. The number of aromatic nitrogens is 2. The van der Waals surface area contributed by atoms with Gasteiger partial charge in [-0.15, -0.1) is 12.4 Å². The first-order chi connectivity index (χ1) is 16.1. The van der Waals surface area contributed by atoms with Gasteiger partial charge < -0.3 is 5.73 Å². The molecular formula is C28H25ClFN3O. The Bertz CT molecular complexity index is 1370. The molecule has 172 valence electrons. The Kier molecular flexibility index (Phi) is 6.94. The summed E-state index contributed by atoms with van der Waals surface area (Å²) in [4.78, 5) is 11.1. The van der Waals surface area contributed by atoms with E-state index in [4.69, 9.17) is 5.73 Å². The molecule has 0 bridgehead atoms. The number of hydrogen-bond acceptors (Lipinski definition) is 2. The number of carbonyl (C=O) groups is 1. The number of H-pyrrole nitrogens is 1. The largest absolute Gasteiger partial charge is 0.366 e. The zero-order valence-corrected chi connectivity index (χ0v) is 19.3. The van der Waals surface area contributed by atoms with Gasteiger partial charge in [-0.1, -0.05) is 67.1 Å². The summed E-state index contributed by atoms with van der Waals surface area (Å²) in [6.07, 6.45) is 6.53. The minimum absolute atomic E-state index is 0. The number of halogens is 2. The van der Waals surface area contributed by atoms with Crippen LogP contribution in [0.2, 0.25) is 0 Å². The Balaban J connectivity index is 0.00000274. The van der Waals surface area contributed by atoms with Crippen LogP contribution in [0.3, 0.4) is 0 Å². The lowest BCUT2D eigenvalue weighted by atomic mass is 9.73. The molecule has 1 aliphatic rings. The maximum atomic E-state index is 14.4. The number of nitrogens with one attached hydrogen (secondary N) is 1. The smallest absolute Gasteiger partial charge is 0.241 e. The lowest BCUT2D eigenvalue weighted by Gasteiger charge is -2.31. The minimum Gasteiger partial charge on any atom is -0.366 e. The molecule has 6 heteroatoms. The van der Waals surface area contributed by atoms with Crippen LogP contribution in [-0.4, -0.2) is 16.1 Å². The summed E-state index contributed by atoms with van der Waals surface area (Å²) in [5.74, 6) is -0.462. The van der Waals surface area contributed by atoms with Crippen LogP contribution in [-0.2, 0) is 4.79 Å². The number of amides is 1.